The molecule has 7 atom stereocenters. The molecule has 18 nitrogen and oxygen atoms in total. The largest absolute Gasteiger partial charge is 0.455 e. The summed E-state index contributed by atoms with van der Waals surface area (Å²) in [7, 11) is -5.38. The van der Waals surface area contributed by atoms with E-state index in [1.165, 1.54) is 20.2 Å². The Labute approximate surface area is 273 Å². The quantitative estimate of drug-likeness (QED) is 0.119. The summed E-state index contributed by atoms with van der Waals surface area (Å²) in [6, 6.07) is 1.91. The molecule has 0 amide bonds. The lowest BCUT2D eigenvalue weighted by molar-refractivity contribution is -0.177. The lowest BCUT2D eigenvalue weighted by Gasteiger charge is -2.37. The van der Waals surface area contributed by atoms with Crippen LogP contribution in [-0.4, -0.2) is 90.9 Å². The summed E-state index contributed by atoms with van der Waals surface area (Å²) in [5, 5.41) is 8.93. The number of hydrogen-bond acceptors (Lipinski definition) is 16. The van der Waals surface area contributed by atoms with E-state index in [9.17, 15) is 23.7 Å². The highest BCUT2D eigenvalue weighted by Gasteiger charge is 2.59. The van der Waals surface area contributed by atoms with Crippen LogP contribution in [0.2, 0.25) is 0 Å². The van der Waals surface area contributed by atoms with Crippen LogP contribution in [0.3, 0.4) is 0 Å². The highest BCUT2D eigenvalue weighted by atomic mass is 31.2. The number of nitrogens with zero attached hydrogens (tertiary/aromatic N) is 2. The molecule has 2 rings (SSSR count). The van der Waals surface area contributed by atoms with Gasteiger partial charge in [-0.15, -0.1) is 0 Å². The first-order valence-corrected chi connectivity index (χ1v) is 17.5. The number of methoxy groups -OCH3 is 1. The SMILES string of the molecule is COCCO[C@@H]1[C@H](OP(N)OCCC#N)[C@@H]([C@H](OC(C)=O)[C@@H](OC(C)=O)P(=O)(OC(C)C)OC(C)C)O[C@H]1n1cc(C)c(=O)[nH]c1=O. The van der Waals surface area contributed by atoms with E-state index in [0.717, 1.165) is 18.4 Å². The normalized spacial score (nSPS) is 21.7. The maximum absolute atomic E-state index is 14.5. The Bertz CT molecular complexity index is 1380. The van der Waals surface area contributed by atoms with Gasteiger partial charge in [-0.05, 0) is 34.6 Å². The van der Waals surface area contributed by atoms with Gasteiger partial charge in [-0.3, -0.25) is 34.0 Å². The fourth-order valence-electron chi connectivity index (χ4n) is 4.52. The first-order valence-electron chi connectivity index (χ1n) is 14.6. The zero-order valence-electron chi connectivity index (χ0n) is 27.6. The molecule has 2 heterocycles. The first kappa shape index (κ1) is 40.6. The fourth-order valence-corrected chi connectivity index (χ4v) is 7.66. The van der Waals surface area contributed by atoms with Crippen molar-refractivity contribution in [2.45, 2.75) is 104 Å². The molecule has 1 saturated heterocycles. The molecule has 1 fully saturated rings. The van der Waals surface area contributed by atoms with Gasteiger partial charge in [0.1, 0.15) is 18.3 Å². The molecule has 0 saturated carbocycles. The molecular formula is C27H44N4O14P2. The van der Waals surface area contributed by atoms with E-state index in [1.807, 2.05) is 6.07 Å². The second kappa shape index (κ2) is 18.8. The summed E-state index contributed by atoms with van der Waals surface area (Å²) in [4.78, 5) is 52.6. The van der Waals surface area contributed by atoms with Crippen molar-refractivity contribution in [3.63, 3.8) is 0 Å². The van der Waals surface area contributed by atoms with Gasteiger partial charge >= 0.3 is 25.2 Å². The van der Waals surface area contributed by atoms with Crippen LogP contribution >= 0.6 is 16.1 Å². The van der Waals surface area contributed by atoms with E-state index in [-0.39, 0.29) is 31.8 Å². The Kier molecular flexibility index (Phi) is 16.3. The number of aromatic amines is 1. The van der Waals surface area contributed by atoms with E-state index < -0.39 is 88.0 Å². The van der Waals surface area contributed by atoms with Crippen LogP contribution in [0.4, 0.5) is 0 Å². The molecule has 0 radical (unpaired) electrons. The number of carbonyl (C=O) groups is 2. The fraction of sp³-hybridized carbons (Fsp3) is 0.741. The van der Waals surface area contributed by atoms with Gasteiger partial charge in [0.05, 0.1) is 44.5 Å². The third-order valence-electron chi connectivity index (χ3n) is 6.12. The number of H-pyrrole nitrogens is 1. The van der Waals surface area contributed by atoms with Crippen molar-refractivity contribution in [3.05, 3.63) is 32.6 Å². The van der Waals surface area contributed by atoms with Crippen LogP contribution in [0.5, 0.6) is 0 Å². The summed E-state index contributed by atoms with van der Waals surface area (Å²) in [6.45, 7) is 9.75. The molecular weight excluding hydrogens is 666 g/mol. The van der Waals surface area contributed by atoms with Crippen molar-refractivity contribution in [1.82, 2.24) is 9.55 Å². The van der Waals surface area contributed by atoms with Gasteiger partial charge < -0.3 is 41.8 Å². The van der Waals surface area contributed by atoms with Gasteiger partial charge in [-0.1, -0.05) is 0 Å². The van der Waals surface area contributed by atoms with Crippen molar-refractivity contribution in [3.8, 4) is 6.07 Å². The number of carbonyl (C=O) groups excluding carboxylic acids is 2. The molecule has 1 aromatic rings. The molecule has 266 valence electrons. The van der Waals surface area contributed by atoms with Crippen molar-refractivity contribution < 1.29 is 55.9 Å². The number of rotatable bonds is 19. The minimum absolute atomic E-state index is 0.0146. The van der Waals surface area contributed by atoms with E-state index in [0.29, 0.717) is 0 Å². The topological polar surface area (TPSA) is 239 Å². The van der Waals surface area contributed by atoms with Crippen molar-refractivity contribution in [1.29, 1.82) is 5.26 Å². The molecule has 1 unspecified atom stereocenters. The lowest BCUT2D eigenvalue weighted by Crippen LogP contribution is -2.50. The van der Waals surface area contributed by atoms with Crippen molar-refractivity contribution in [2.75, 3.05) is 26.9 Å². The molecule has 1 aromatic heterocycles. The molecule has 1 aliphatic rings. The first-order chi connectivity index (χ1) is 22.0. The van der Waals surface area contributed by atoms with E-state index in [1.54, 1.807) is 27.7 Å². The van der Waals surface area contributed by atoms with Crippen molar-refractivity contribution >= 4 is 28.1 Å². The smallest absolute Gasteiger partial charge is 0.375 e. The Morgan fingerprint density at radius 2 is 1.70 bits per heavy atom. The number of hydrogen-bond donors (Lipinski definition) is 2. The number of nitrogens with one attached hydrogen (secondary N) is 1. The molecule has 0 spiro atoms. The minimum atomic E-state index is -4.53. The van der Waals surface area contributed by atoms with Crippen LogP contribution in [-0.2, 0) is 55.9 Å². The molecule has 0 bridgehead atoms. The van der Waals surface area contributed by atoms with Gasteiger partial charge in [0, 0.05) is 32.7 Å². The Morgan fingerprint density at radius 3 is 2.23 bits per heavy atom. The van der Waals surface area contributed by atoms with Crippen LogP contribution in [0, 0.1) is 18.3 Å². The summed E-state index contributed by atoms with van der Waals surface area (Å²) < 4.78 is 67.2. The predicted octanol–water partition coefficient (Wildman–Crippen LogP) is 2.14. The second-order valence-electron chi connectivity index (χ2n) is 10.8. The van der Waals surface area contributed by atoms with Crippen LogP contribution in [0.1, 0.15) is 59.8 Å². The zero-order chi connectivity index (χ0) is 35.5. The molecule has 3 N–H and O–H groups in total. The average molecular weight is 711 g/mol. The summed E-state index contributed by atoms with van der Waals surface area (Å²) in [6.07, 6.45) is -7.65. The number of ether oxygens (including phenoxy) is 5. The standard InChI is InChI=1S/C27H44N4O14P2/c1-15(2)44-47(36,45-16(3)4)26(41-19(7)33)23(40-18(6)32)20-21(43-46(29)39-11-9-10-28)22(38-13-12-37-8)25(42-20)31-14-17(5)24(34)30-27(31)35/h14-16,20-23,25-26H,9,11-13,29H2,1-8H3,(H,30,34,35)/t20-,21+,22+,23-,25+,26-,46?/m0/s1. The van der Waals surface area contributed by atoms with Crippen molar-refractivity contribution in [2.24, 2.45) is 5.50 Å². The predicted molar refractivity (Wildman–Crippen MR) is 165 cm³/mol. The highest BCUT2D eigenvalue weighted by Crippen LogP contribution is 2.58. The van der Waals surface area contributed by atoms with Gasteiger partial charge in [-0.2, -0.15) is 5.26 Å². The van der Waals surface area contributed by atoms with E-state index in [4.69, 9.17) is 52.5 Å². The van der Waals surface area contributed by atoms with Crippen LogP contribution in [0.15, 0.2) is 15.8 Å². The third kappa shape index (κ3) is 11.8. The maximum Gasteiger partial charge on any atom is 0.375 e. The number of aromatic nitrogens is 2. The number of aryl methyl sites for hydroxylation is 1. The third-order valence-corrected chi connectivity index (χ3v) is 9.46. The number of nitriles is 1. The van der Waals surface area contributed by atoms with E-state index in [2.05, 4.69) is 4.98 Å². The molecule has 1 aliphatic heterocycles. The summed E-state index contributed by atoms with van der Waals surface area (Å²) >= 11 is 0. The number of nitrogens with two attached hydrogens (primary N) is 1. The molecule has 20 heteroatoms. The van der Waals surface area contributed by atoms with Gasteiger partial charge in [0.25, 0.3) is 14.1 Å². The van der Waals surface area contributed by atoms with Gasteiger partial charge in [-0.25, -0.2) is 4.79 Å². The lowest BCUT2D eigenvalue weighted by atomic mass is 10.1. The summed E-state index contributed by atoms with van der Waals surface area (Å²) in [5.74, 6) is -3.77. The Hall–Kier alpha value is -2.55. The summed E-state index contributed by atoms with van der Waals surface area (Å²) in [5.41, 5.74) is 4.78. The van der Waals surface area contributed by atoms with Gasteiger partial charge in [0.2, 0.25) is 5.85 Å². The monoisotopic (exact) mass is 710 g/mol. The average Bonchev–Trinajstić information content (AvgIpc) is 3.28. The maximum atomic E-state index is 14.5. The molecule has 0 aromatic carbocycles. The van der Waals surface area contributed by atoms with Gasteiger partial charge in [0.15, 0.2) is 12.3 Å². The number of esters is 2. The second-order valence-corrected chi connectivity index (χ2v) is 13.9. The van der Waals surface area contributed by atoms with E-state index >= 15 is 0 Å². The van der Waals surface area contributed by atoms with Crippen LogP contribution < -0.4 is 16.8 Å². The molecule has 47 heavy (non-hydrogen) atoms. The Morgan fingerprint density at radius 1 is 1.09 bits per heavy atom. The zero-order valence-corrected chi connectivity index (χ0v) is 29.4. The van der Waals surface area contributed by atoms with Crippen LogP contribution in [0.25, 0.3) is 0 Å². The molecule has 0 aliphatic carbocycles. The minimum Gasteiger partial charge on any atom is -0.455 e. The Balaban J connectivity index is 2.86. The highest BCUT2D eigenvalue weighted by molar-refractivity contribution is 7.54.